The number of halogens is 2. The highest BCUT2D eigenvalue weighted by Gasteiger charge is 2.15. The van der Waals surface area contributed by atoms with E-state index in [9.17, 15) is 0 Å². The summed E-state index contributed by atoms with van der Waals surface area (Å²) in [5.41, 5.74) is 1.45. The maximum atomic E-state index is 5.95. The van der Waals surface area contributed by atoms with Gasteiger partial charge in [-0.15, -0.1) is 0 Å². The van der Waals surface area contributed by atoms with Gasteiger partial charge in [0.1, 0.15) is 0 Å². The van der Waals surface area contributed by atoms with Crippen LogP contribution in [-0.4, -0.2) is 4.83 Å². The third kappa shape index (κ3) is 1.71. The second kappa shape index (κ2) is 3.07. The van der Waals surface area contributed by atoms with Crippen molar-refractivity contribution in [3.8, 4) is 0 Å². The Morgan fingerprint density at radius 1 is 1.67 bits per heavy atom. The van der Waals surface area contributed by atoms with E-state index in [1.54, 1.807) is 0 Å². The summed E-state index contributed by atoms with van der Waals surface area (Å²) >= 11 is 9.38. The minimum Gasteiger partial charge on any atom is -0.0880 e. The fraction of sp³-hybridized carbons (Fsp3) is 0.714. The van der Waals surface area contributed by atoms with E-state index in [4.69, 9.17) is 11.6 Å². The van der Waals surface area contributed by atoms with Crippen LogP contribution in [0.15, 0.2) is 10.6 Å². The third-order valence-electron chi connectivity index (χ3n) is 1.64. The summed E-state index contributed by atoms with van der Waals surface area (Å²) in [6, 6.07) is 0. The first-order valence-electron chi connectivity index (χ1n) is 3.23. The predicted octanol–water partition coefficient (Wildman–Crippen LogP) is 3.45. The average Bonchev–Trinajstić information content (AvgIpc) is 1.60. The molecular weight excluding hydrogens is 199 g/mol. The maximum absolute atomic E-state index is 5.95. The van der Waals surface area contributed by atoms with Crippen molar-refractivity contribution in [1.82, 2.24) is 0 Å². The first-order valence-corrected chi connectivity index (χ1v) is 4.52. The van der Waals surface area contributed by atoms with E-state index >= 15 is 0 Å². The molecule has 0 aromatic heterocycles. The van der Waals surface area contributed by atoms with Gasteiger partial charge in [-0.1, -0.05) is 33.1 Å². The van der Waals surface area contributed by atoms with Crippen LogP contribution in [0.4, 0.5) is 0 Å². The molecule has 0 spiro atoms. The molecule has 1 aliphatic carbocycles. The number of rotatable bonds is 1. The molecule has 1 atom stereocenters. The lowest BCUT2D eigenvalue weighted by Gasteiger charge is -2.19. The molecule has 1 rings (SSSR count). The zero-order chi connectivity index (χ0) is 6.85. The highest BCUT2D eigenvalue weighted by molar-refractivity contribution is 9.09. The zero-order valence-corrected chi connectivity index (χ0v) is 7.80. The molecule has 0 heterocycles. The van der Waals surface area contributed by atoms with Crippen LogP contribution in [0.3, 0.4) is 0 Å². The zero-order valence-electron chi connectivity index (χ0n) is 5.45. The van der Waals surface area contributed by atoms with Gasteiger partial charge < -0.3 is 0 Å². The predicted molar refractivity (Wildman–Crippen MR) is 45.1 cm³/mol. The summed E-state index contributed by atoms with van der Waals surface area (Å²) in [4.78, 5) is 0.356. The van der Waals surface area contributed by atoms with Gasteiger partial charge in [-0.2, -0.15) is 0 Å². The monoisotopic (exact) mass is 208 g/mol. The molecule has 0 amide bonds. The highest BCUT2D eigenvalue weighted by atomic mass is 79.9. The first kappa shape index (κ1) is 7.62. The average molecular weight is 210 g/mol. The van der Waals surface area contributed by atoms with Crippen LogP contribution >= 0.6 is 27.5 Å². The second-order valence-corrected chi connectivity index (χ2v) is 4.20. The molecule has 0 aromatic rings. The molecule has 1 unspecified atom stereocenters. The summed E-state index contributed by atoms with van der Waals surface area (Å²) in [7, 11) is 0. The molecule has 0 bridgehead atoms. The van der Waals surface area contributed by atoms with Crippen molar-refractivity contribution >= 4 is 27.5 Å². The Kier molecular flexibility index (Phi) is 2.59. The van der Waals surface area contributed by atoms with Crippen LogP contribution in [0, 0.1) is 0 Å². The van der Waals surface area contributed by atoms with Crippen molar-refractivity contribution in [2.45, 2.75) is 31.0 Å². The van der Waals surface area contributed by atoms with Gasteiger partial charge in [-0.25, -0.2) is 0 Å². The molecule has 0 N–H and O–H groups in total. The highest BCUT2D eigenvalue weighted by Crippen LogP contribution is 2.33. The van der Waals surface area contributed by atoms with E-state index in [0.717, 1.165) is 5.03 Å². The largest absolute Gasteiger partial charge is 0.0880 e. The summed E-state index contributed by atoms with van der Waals surface area (Å²) in [5, 5.41) is 1.03. The fourth-order valence-corrected chi connectivity index (χ4v) is 1.39. The molecule has 0 nitrogen and oxygen atoms in total. The Morgan fingerprint density at radius 3 is 2.33 bits per heavy atom. The Hall–Kier alpha value is 0.510. The molecule has 0 saturated heterocycles. The van der Waals surface area contributed by atoms with Crippen molar-refractivity contribution in [2.24, 2.45) is 0 Å². The Balaban J connectivity index is 2.56. The first-order chi connectivity index (χ1) is 4.22. The van der Waals surface area contributed by atoms with E-state index < -0.39 is 0 Å². The van der Waals surface area contributed by atoms with Crippen molar-refractivity contribution in [3.05, 3.63) is 10.6 Å². The Morgan fingerprint density at radius 2 is 2.22 bits per heavy atom. The van der Waals surface area contributed by atoms with Gasteiger partial charge in [-0.05, 0) is 26.2 Å². The SMILES string of the molecule is CC(Br)C(Cl)=C1CCC1. The molecule has 1 fully saturated rings. The number of hydrogen-bond donors (Lipinski definition) is 0. The summed E-state index contributed by atoms with van der Waals surface area (Å²) in [6.07, 6.45) is 3.76. The van der Waals surface area contributed by atoms with Crippen LogP contribution in [0.5, 0.6) is 0 Å². The van der Waals surface area contributed by atoms with Crippen molar-refractivity contribution < 1.29 is 0 Å². The van der Waals surface area contributed by atoms with Gasteiger partial charge in [0.25, 0.3) is 0 Å². The summed E-state index contributed by atoms with van der Waals surface area (Å²) in [5.74, 6) is 0. The molecule has 0 radical (unpaired) electrons. The fourth-order valence-electron chi connectivity index (χ4n) is 0.874. The minimum absolute atomic E-state index is 0.356. The lowest BCUT2D eigenvalue weighted by Crippen LogP contribution is -2.03. The van der Waals surface area contributed by atoms with Crippen molar-refractivity contribution in [2.75, 3.05) is 0 Å². The van der Waals surface area contributed by atoms with Gasteiger partial charge in [0.2, 0.25) is 0 Å². The van der Waals surface area contributed by atoms with Gasteiger partial charge >= 0.3 is 0 Å². The van der Waals surface area contributed by atoms with Crippen LogP contribution in [0.2, 0.25) is 0 Å². The van der Waals surface area contributed by atoms with Gasteiger partial charge in [-0.3, -0.25) is 0 Å². The maximum Gasteiger partial charge on any atom is 0.0474 e. The van der Waals surface area contributed by atoms with Gasteiger partial charge in [0.15, 0.2) is 0 Å². The molecule has 1 aliphatic rings. The van der Waals surface area contributed by atoms with E-state index in [-0.39, 0.29) is 0 Å². The lowest BCUT2D eigenvalue weighted by atomic mass is 9.91. The van der Waals surface area contributed by atoms with Gasteiger partial charge in [0.05, 0.1) is 0 Å². The summed E-state index contributed by atoms with van der Waals surface area (Å²) < 4.78 is 0. The van der Waals surface area contributed by atoms with Crippen LogP contribution in [0.1, 0.15) is 26.2 Å². The number of allylic oxidation sites excluding steroid dienone is 2. The number of alkyl halides is 1. The smallest absolute Gasteiger partial charge is 0.0474 e. The molecule has 52 valence electrons. The molecular formula is C7H10BrCl. The summed E-state index contributed by atoms with van der Waals surface area (Å²) in [6.45, 7) is 2.06. The standard InChI is InChI=1S/C7H10BrCl/c1-5(8)7(9)6-3-2-4-6/h5H,2-4H2,1H3. The Labute approximate surface area is 69.4 Å². The van der Waals surface area contributed by atoms with E-state index in [1.807, 2.05) is 0 Å². The minimum atomic E-state index is 0.356. The lowest BCUT2D eigenvalue weighted by molar-refractivity contribution is 0.655. The van der Waals surface area contributed by atoms with E-state index in [1.165, 1.54) is 24.8 Å². The molecule has 9 heavy (non-hydrogen) atoms. The Bertz CT molecular complexity index is 132. The van der Waals surface area contributed by atoms with E-state index in [2.05, 4.69) is 22.9 Å². The topological polar surface area (TPSA) is 0 Å². The van der Waals surface area contributed by atoms with Crippen molar-refractivity contribution in [3.63, 3.8) is 0 Å². The van der Waals surface area contributed by atoms with Crippen LogP contribution < -0.4 is 0 Å². The molecule has 1 saturated carbocycles. The second-order valence-electron chi connectivity index (χ2n) is 2.42. The normalized spacial score (nSPS) is 21.0. The molecule has 0 aromatic carbocycles. The van der Waals surface area contributed by atoms with Crippen LogP contribution in [-0.2, 0) is 0 Å². The van der Waals surface area contributed by atoms with Gasteiger partial charge in [0, 0.05) is 9.86 Å². The number of hydrogen-bond acceptors (Lipinski definition) is 0. The third-order valence-corrected chi connectivity index (χ3v) is 2.96. The molecule has 0 aliphatic heterocycles. The molecule has 2 heteroatoms. The quantitative estimate of drug-likeness (QED) is 0.580. The van der Waals surface area contributed by atoms with Crippen LogP contribution in [0.25, 0.3) is 0 Å². The van der Waals surface area contributed by atoms with Crippen molar-refractivity contribution in [1.29, 1.82) is 0 Å². The van der Waals surface area contributed by atoms with E-state index in [0.29, 0.717) is 4.83 Å².